The number of hydrogen-bond acceptors (Lipinski definition) is 6. The molecule has 0 bridgehead atoms. The number of halogens is 1. The van der Waals surface area contributed by atoms with Gasteiger partial charge in [0.15, 0.2) is 13.2 Å². The molecular formula is C20H19ClN2O4S. The quantitative estimate of drug-likeness (QED) is 0.540. The van der Waals surface area contributed by atoms with Gasteiger partial charge in [-0.2, -0.15) is 0 Å². The number of nitrogens with zero attached hydrogens (tertiary/aromatic N) is 2. The Morgan fingerprint density at radius 1 is 1.14 bits per heavy atom. The summed E-state index contributed by atoms with van der Waals surface area (Å²) in [5, 5.41) is 1.40. The zero-order valence-electron chi connectivity index (χ0n) is 15.4. The summed E-state index contributed by atoms with van der Waals surface area (Å²) in [6.07, 6.45) is 0. The fraction of sp³-hybridized carbons (Fsp3) is 0.250. The topological polar surface area (TPSA) is 68.7 Å². The van der Waals surface area contributed by atoms with Gasteiger partial charge in [-0.1, -0.05) is 23.7 Å². The van der Waals surface area contributed by atoms with Crippen LogP contribution in [-0.4, -0.2) is 42.0 Å². The summed E-state index contributed by atoms with van der Waals surface area (Å²) < 4.78 is 11.4. The Morgan fingerprint density at radius 2 is 1.86 bits per heavy atom. The predicted octanol–water partition coefficient (Wildman–Crippen LogP) is 4.09. The first-order chi connectivity index (χ1) is 13.4. The molecule has 0 radical (unpaired) electrons. The summed E-state index contributed by atoms with van der Waals surface area (Å²) in [5.41, 5.74) is 0.904. The van der Waals surface area contributed by atoms with E-state index in [0.29, 0.717) is 10.8 Å². The Kier molecular flexibility index (Phi) is 6.49. The van der Waals surface area contributed by atoms with Gasteiger partial charge in [-0.05, 0) is 43.3 Å². The molecule has 146 valence electrons. The normalized spacial score (nSPS) is 11.8. The van der Waals surface area contributed by atoms with Crippen molar-refractivity contribution in [1.82, 2.24) is 9.88 Å². The number of thiazole rings is 1. The van der Waals surface area contributed by atoms with E-state index in [1.807, 2.05) is 31.2 Å². The molecule has 1 aromatic heterocycles. The number of esters is 1. The number of carbonyl (C=O) groups excluding carboxylic acids is 2. The number of carbonyl (C=O) groups is 2. The van der Waals surface area contributed by atoms with Gasteiger partial charge in [0, 0.05) is 12.1 Å². The second-order valence-corrected chi connectivity index (χ2v) is 7.60. The maximum Gasteiger partial charge on any atom is 0.344 e. The van der Waals surface area contributed by atoms with Crippen LogP contribution in [0.3, 0.4) is 0 Å². The molecule has 0 aliphatic rings. The molecule has 0 fully saturated rings. The lowest BCUT2D eigenvalue weighted by Gasteiger charge is -2.23. The molecule has 1 amide bonds. The first-order valence-electron chi connectivity index (χ1n) is 8.59. The molecule has 0 N–H and O–H groups in total. The van der Waals surface area contributed by atoms with Crippen LogP contribution in [0.25, 0.3) is 10.2 Å². The van der Waals surface area contributed by atoms with Crippen molar-refractivity contribution in [3.8, 4) is 5.75 Å². The van der Waals surface area contributed by atoms with E-state index in [1.54, 1.807) is 42.6 Å². The number of likely N-dealkylation sites (N-methyl/N-ethyl adjacent to an activating group) is 1. The van der Waals surface area contributed by atoms with Crippen molar-refractivity contribution in [2.45, 2.75) is 13.0 Å². The molecule has 3 rings (SSSR count). The predicted molar refractivity (Wildman–Crippen MR) is 109 cm³/mol. The van der Waals surface area contributed by atoms with Crippen LogP contribution in [0.5, 0.6) is 5.75 Å². The van der Waals surface area contributed by atoms with Gasteiger partial charge in [0.1, 0.15) is 10.8 Å². The van der Waals surface area contributed by atoms with Gasteiger partial charge in [0.25, 0.3) is 5.91 Å². The monoisotopic (exact) mass is 418 g/mol. The lowest BCUT2D eigenvalue weighted by molar-refractivity contribution is -0.153. The molecule has 28 heavy (non-hydrogen) atoms. The van der Waals surface area contributed by atoms with Gasteiger partial charge in [-0.25, -0.2) is 9.78 Å². The minimum atomic E-state index is -0.621. The van der Waals surface area contributed by atoms with E-state index < -0.39 is 5.97 Å². The molecule has 0 saturated heterocycles. The first-order valence-corrected chi connectivity index (χ1v) is 9.78. The zero-order chi connectivity index (χ0) is 20.1. The molecule has 2 aromatic carbocycles. The minimum absolute atomic E-state index is 0.228. The first kappa shape index (κ1) is 20.1. The number of hydrogen-bond donors (Lipinski definition) is 0. The molecule has 1 atom stereocenters. The van der Waals surface area contributed by atoms with Gasteiger partial charge in [-0.3, -0.25) is 4.79 Å². The van der Waals surface area contributed by atoms with Gasteiger partial charge < -0.3 is 14.4 Å². The Hall–Kier alpha value is -2.64. The smallest absolute Gasteiger partial charge is 0.344 e. The summed E-state index contributed by atoms with van der Waals surface area (Å²) >= 11 is 7.33. The largest absolute Gasteiger partial charge is 0.482 e. The van der Waals surface area contributed by atoms with Crippen LogP contribution in [0.2, 0.25) is 5.02 Å². The van der Waals surface area contributed by atoms with Crippen molar-refractivity contribution >= 4 is 45.0 Å². The van der Waals surface area contributed by atoms with Gasteiger partial charge >= 0.3 is 5.97 Å². The highest BCUT2D eigenvalue weighted by molar-refractivity contribution is 7.18. The maximum absolute atomic E-state index is 12.4. The second kappa shape index (κ2) is 9.03. The van der Waals surface area contributed by atoms with E-state index in [2.05, 4.69) is 4.98 Å². The third-order valence-corrected chi connectivity index (χ3v) is 5.63. The van der Waals surface area contributed by atoms with Crippen molar-refractivity contribution in [1.29, 1.82) is 0 Å². The number of fused-ring (bicyclic) bond motifs is 1. The average Bonchev–Trinajstić information content (AvgIpc) is 3.14. The summed E-state index contributed by atoms with van der Waals surface area (Å²) in [5.74, 6) is -0.440. The standard InChI is InChI=1S/C20H19ClN2O4S/c1-13(20-22-16-5-3-4-6-17(16)28-20)23(2)18(24)11-27-19(25)12-26-15-9-7-14(21)8-10-15/h3-10,13H,11-12H2,1-2H3/t13-/m0/s1. The van der Waals surface area contributed by atoms with Gasteiger partial charge in [0.2, 0.25) is 0 Å². The summed E-state index contributed by atoms with van der Waals surface area (Å²) in [6, 6.07) is 14.2. The number of ether oxygens (including phenoxy) is 2. The number of rotatable bonds is 7. The summed E-state index contributed by atoms with van der Waals surface area (Å²) in [7, 11) is 1.66. The second-order valence-electron chi connectivity index (χ2n) is 6.10. The number of amides is 1. The lowest BCUT2D eigenvalue weighted by Crippen LogP contribution is -2.34. The Labute approximate surface area is 171 Å². The van der Waals surface area contributed by atoms with Crippen LogP contribution >= 0.6 is 22.9 Å². The summed E-state index contributed by atoms with van der Waals surface area (Å²) in [6.45, 7) is 1.25. The van der Waals surface area contributed by atoms with E-state index in [1.165, 1.54) is 4.90 Å². The highest BCUT2D eigenvalue weighted by Crippen LogP contribution is 2.28. The molecule has 3 aromatic rings. The van der Waals surface area contributed by atoms with E-state index in [9.17, 15) is 9.59 Å². The van der Waals surface area contributed by atoms with Crippen LogP contribution < -0.4 is 4.74 Å². The number of benzene rings is 2. The molecular weight excluding hydrogens is 400 g/mol. The molecule has 1 heterocycles. The zero-order valence-corrected chi connectivity index (χ0v) is 17.0. The average molecular weight is 419 g/mol. The number of para-hydroxylation sites is 1. The van der Waals surface area contributed by atoms with Crippen LogP contribution in [0.15, 0.2) is 48.5 Å². The van der Waals surface area contributed by atoms with Crippen molar-refractivity contribution in [2.75, 3.05) is 20.3 Å². The fourth-order valence-electron chi connectivity index (χ4n) is 2.41. The molecule has 6 nitrogen and oxygen atoms in total. The minimum Gasteiger partial charge on any atom is -0.482 e. The van der Waals surface area contributed by atoms with Crippen molar-refractivity contribution in [2.24, 2.45) is 0 Å². The molecule has 0 spiro atoms. The van der Waals surface area contributed by atoms with E-state index in [-0.39, 0.29) is 25.2 Å². The van der Waals surface area contributed by atoms with Crippen molar-refractivity contribution < 1.29 is 19.1 Å². The van der Waals surface area contributed by atoms with E-state index in [0.717, 1.165) is 15.2 Å². The molecule has 0 aliphatic heterocycles. The van der Waals surface area contributed by atoms with Gasteiger partial charge in [-0.15, -0.1) is 11.3 Å². The highest BCUT2D eigenvalue weighted by atomic mass is 35.5. The fourth-order valence-corrected chi connectivity index (χ4v) is 3.60. The Bertz CT molecular complexity index is 941. The van der Waals surface area contributed by atoms with Gasteiger partial charge in [0.05, 0.1) is 16.3 Å². The molecule has 0 saturated carbocycles. The molecule has 0 unspecified atom stereocenters. The highest BCUT2D eigenvalue weighted by Gasteiger charge is 2.21. The van der Waals surface area contributed by atoms with Crippen molar-refractivity contribution in [3.63, 3.8) is 0 Å². The Balaban J connectivity index is 1.49. The van der Waals surface area contributed by atoms with E-state index in [4.69, 9.17) is 21.1 Å². The Morgan fingerprint density at radius 3 is 2.57 bits per heavy atom. The van der Waals surface area contributed by atoms with E-state index >= 15 is 0 Å². The maximum atomic E-state index is 12.4. The number of aromatic nitrogens is 1. The van der Waals surface area contributed by atoms with Crippen LogP contribution in [0.4, 0.5) is 0 Å². The molecule has 8 heteroatoms. The molecule has 0 aliphatic carbocycles. The van der Waals surface area contributed by atoms with Crippen LogP contribution in [0, 0.1) is 0 Å². The van der Waals surface area contributed by atoms with Crippen molar-refractivity contribution in [3.05, 3.63) is 58.6 Å². The third-order valence-electron chi connectivity index (χ3n) is 4.17. The van der Waals surface area contributed by atoms with Crippen LogP contribution in [0.1, 0.15) is 18.0 Å². The van der Waals surface area contributed by atoms with Crippen LogP contribution in [-0.2, 0) is 14.3 Å². The third kappa shape index (κ3) is 4.99. The summed E-state index contributed by atoms with van der Waals surface area (Å²) in [4.78, 5) is 30.3. The SMILES string of the molecule is C[C@@H](c1nc2ccccc2s1)N(C)C(=O)COC(=O)COc1ccc(Cl)cc1. The lowest BCUT2D eigenvalue weighted by atomic mass is 10.3.